The largest absolute Gasteiger partial charge is 0.379 e. The Labute approximate surface area is 125 Å². The fourth-order valence-corrected chi connectivity index (χ4v) is 2.92. The molecule has 2 saturated heterocycles. The van der Waals surface area contributed by atoms with Crippen LogP contribution in [0.1, 0.15) is 25.7 Å². The smallest absolute Gasteiger partial charge is 0.246 e. The Balaban J connectivity index is 1.62. The maximum absolute atomic E-state index is 12.2. The summed E-state index contributed by atoms with van der Waals surface area (Å²) in [6, 6.07) is 8.02. The van der Waals surface area contributed by atoms with Crippen LogP contribution in [0.5, 0.6) is 0 Å². The van der Waals surface area contributed by atoms with Crippen LogP contribution in [0.4, 0.5) is 11.4 Å². The summed E-state index contributed by atoms with van der Waals surface area (Å²) in [5, 5.41) is 2.89. The zero-order valence-corrected chi connectivity index (χ0v) is 12.3. The highest BCUT2D eigenvalue weighted by atomic mass is 16.5. The van der Waals surface area contributed by atoms with Gasteiger partial charge in [-0.1, -0.05) is 0 Å². The zero-order valence-electron chi connectivity index (χ0n) is 12.3. The third-order valence-corrected chi connectivity index (χ3v) is 4.35. The predicted molar refractivity (Wildman–Crippen MR) is 83.5 cm³/mol. The van der Waals surface area contributed by atoms with Crippen molar-refractivity contribution in [3.8, 4) is 0 Å². The molecule has 0 bridgehead atoms. The first-order valence-corrected chi connectivity index (χ1v) is 7.70. The standard InChI is InChI=1S/C16H23N3O2/c17-16(8-11-21-12-16)15(20)18-13-4-6-14(7-5-13)19-9-2-1-3-10-19/h4-7H,1-3,8-12,17H2,(H,18,20). The van der Waals surface area contributed by atoms with Crippen molar-refractivity contribution in [3.63, 3.8) is 0 Å². The molecule has 0 aliphatic carbocycles. The molecule has 0 aromatic heterocycles. The monoisotopic (exact) mass is 289 g/mol. The minimum absolute atomic E-state index is 0.161. The number of amides is 1. The quantitative estimate of drug-likeness (QED) is 0.889. The van der Waals surface area contributed by atoms with Crippen molar-refractivity contribution in [2.75, 3.05) is 36.5 Å². The van der Waals surface area contributed by atoms with Crippen molar-refractivity contribution in [1.29, 1.82) is 0 Å². The Morgan fingerprint density at radius 3 is 2.52 bits per heavy atom. The van der Waals surface area contributed by atoms with Gasteiger partial charge >= 0.3 is 0 Å². The lowest BCUT2D eigenvalue weighted by molar-refractivity contribution is -0.121. The summed E-state index contributed by atoms with van der Waals surface area (Å²) < 4.78 is 5.22. The number of benzene rings is 1. The molecule has 1 amide bonds. The fraction of sp³-hybridized carbons (Fsp3) is 0.562. The molecule has 21 heavy (non-hydrogen) atoms. The fourth-order valence-electron chi connectivity index (χ4n) is 2.92. The number of rotatable bonds is 3. The SMILES string of the molecule is NC1(C(=O)Nc2ccc(N3CCCCC3)cc2)CCOC1. The molecular weight excluding hydrogens is 266 g/mol. The van der Waals surface area contributed by atoms with Crippen LogP contribution in [0.25, 0.3) is 0 Å². The Bertz CT molecular complexity index is 489. The summed E-state index contributed by atoms with van der Waals surface area (Å²) in [5.41, 5.74) is 7.18. The maximum atomic E-state index is 12.2. The molecule has 2 aliphatic rings. The van der Waals surface area contributed by atoms with Gasteiger partial charge < -0.3 is 20.7 Å². The maximum Gasteiger partial charge on any atom is 0.246 e. The third kappa shape index (κ3) is 3.19. The molecular formula is C16H23N3O2. The summed E-state index contributed by atoms with van der Waals surface area (Å²) in [4.78, 5) is 14.6. The van der Waals surface area contributed by atoms with Gasteiger partial charge in [0, 0.05) is 31.1 Å². The zero-order chi connectivity index (χ0) is 14.7. The molecule has 1 unspecified atom stereocenters. The molecule has 1 aromatic carbocycles. The summed E-state index contributed by atoms with van der Waals surface area (Å²) in [6.07, 6.45) is 4.42. The van der Waals surface area contributed by atoms with E-state index in [1.54, 1.807) is 0 Å². The van der Waals surface area contributed by atoms with Crippen LogP contribution >= 0.6 is 0 Å². The van der Waals surface area contributed by atoms with E-state index in [0.29, 0.717) is 19.6 Å². The summed E-state index contributed by atoms with van der Waals surface area (Å²) >= 11 is 0. The van der Waals surface area contributed by atoms with E-state index in [-0.39, 0.29) is 5.91 Å². The lowest BCUT2D eigenvalue weighted by Gasteiger charge is -2.29. The van der Waals surface area contributed by atoms with Crippen LogP contribution in [-0.4, -0.2) is 37.7 Å². The van der Waals surface area contributed by atoms with Crippen LogP contribution in [0.3, 0.4) is 0 Å². The van der Waals surface area contributed by atoms with Crippen LogP contribution < -0.4 is 16.0 Å². The Hall–Kier alpha value is -1.59. The summed E-state index contributed by atoms with van der Waals surface area (Å²) in [7, 11) is 0. The summed E-state index contributed by atoms with van der Waals surface area (Å²) in [6.45, 7) is 3.09. The van der Waals surface area contributed by atoms with Crippen molar-refractivity contribution in [3.05, 3.63) is 24.3 Å². The number of hydrogen-bond acceptors (Lipinski definition) is 4. The van der Waals surface area contributed by atoms with Crippen molar-refractivity contribution in [2.24, 2.45) is 5.73 Å². The highest BCUT2D eigenvalue weighted by molar-refractivity contribution is 5.98. The van der Waals surface area contributed by atoms with E-state index in [1.807, 2.05) is 12.1 Å². The topological polar surface area (TPSA) is 67.6 Å². The second kappa shape index (κ2) is 6.03. The summed E-state index contributed by atoms with van der Waals surface area (Å²) in [5.74, 6) is -0.161. The Morgan fingerprint density at radius 2 is 1.90 bits per heavy atom. The van der Waals surface area contributed by atoms with E-state index in [9.17, 15) is 4.79 Å². The molecule has 3 rings (SSSR count). The van der Waals surface area contributed by atoms with Gasteiger partial charge in [0.25, 0.3) is 0 Å². The van der Waals surface area contributed by atoms with Crippen LogP contribution in [0.2, 0.25) is 0 Å². The number of carbonyl (C=O) groups is 1. The molecule has 2 aliphatic heterocycles. The number of hydrogen-bond donors (Lipinski definition) is 2. The molecule has 114 valence electrons. The number of nitrogens with zero attached hydrogens (tertiary/aromatic N) is 1. The minimum Gasteiger partial charge on any atom is -0.379 e. The number of carbonyl (C=O) groups excluding carboxylic acids is 1. The molecule has 3 N–H and O–H groups in total. The van der Waals surface area contributed by atoms with Gasteiger partial charge in [-0.2, -0.15) is 0 Å². The van der Waals surface area contributed by atoms with Crippen molar-refractivity contribution in [2.45, 2.75) is 31.2 Å². The minimum atomic E-state index is -0.883. The molecule has 0 spiro atoms. The van der Waals surface area contributed by atoms with E-state index in [2.05, 4.69) is 22.3 Å². The first-order chi connectivity index (χ1) is 10.2. The number of nitrogens with two attached hydrogens (primary N) is 1. The van der Waals surface area contributed by atoms with Gasteiger partial charge in [-0.3, -0.25) is 4.79 Å². The number of anilines is 2. The van der Waals surface area contributed by atoms with Crippen molar-refractivity contribution < 1.29 is 9.53 Å². The predicted octanol–water partition coefficient (Wildman–Crippen LogP) is 1.73. The van der Waals surface area contributed by atoms with E-state index in [1.165, 1.54) is 24.9 Å². The van der Waals surface area contributed by atoms with Crippen LogP contribution in [0.15, 0.2) is 24.3 Å². The van der Waals surface area contributed by atoms with Gasteiger partial charge in [-0.05, 0) is 49.9 Å². The van der Waals surface area contributed by atoms with Crippen LogP contribution in [0, 0.1) is 0 Å². The van der Waals surface area contributed by atoms with Gasteiger partial charge in [0.05, 0.1) is 6.61 Å². The van der Waals surface area contributed by atoms with Gasteiger partial charge in [-0.25, -0.2) is 0 Å². The number of nitrogens with one attached hydrogen (secondary N) is 1. The van der Waals surface area contributed by atoms with E-state index in [4.69, 9.17) is 10.5 Å². The number of piperidine rings is 1. The lowest BCUT2D eigenvalue weighted by Crippen LogP contribution is -2.51. The van der Waals surface area contributed by atoms with E-state index >= 15 is 0 Å². The Morgan fingerprint density at radius 1 is 1.19 bits per heavy atom. The molecule has 1 atom stereocenters. The van der Waals surface area contributed by atoms with E-state index in [0.717, 1.165) is 18.8 Å². The molecule has 2 heterocycles. The normalized spacial score (nSPS) is 25.9. The number of ether oxygens (including phenoxy) is 1. The van der Waals surface area contributed by atoms with E-state index < -0.39 is 5.54 Å². The molecule has 1 aromatic rings. The molecule has 5 heteroatoms. The Kier molecular flexibility index (Phi) is 4.12. The van der Waals surface area contributed by atoms with Gasteiger partial charge in [0.15, 0.2) is 0 Å². The van der Waals surface area contributed by atoms with Crippen molar-refractivity contribution in [1.82, 2.24) is 0 Å². The van der Waals surface area contributed by atoms with Crippen LogP contribution in [-0.2, 0) is 9.53 Å². The lowest BCUT2D eigenvalue weighted by atomic mass is 9.99. The average molecular weight is 289 g/mol. The van der Waals surface area contributed by atoms with Gasteiger partial charge in [-0.15, -0.1) is 0 Å². The molecule has 0 radical (unpaired) electrons. The second-order valence-corrected chi connectivity index (χ2v) is 6.01. The van der Waals surface area contributed by atoms with Gasteiger partial charge in [0.1, 0.15) is 5.54 Å². The highest BCUT2D eigenvalue weighted by Gasteiger charge is 2.38. The first-order valence-electron chi connectivity index (χ1n) is 7.70. The molecule has 0 saturated carbocycles. The highest BCUT2D eigenvalue weighted by Crippen LogP contribution is 2.23. The second-order valence-electron chi connectivity index (χ2n) is 6.01. The van der Waals surface area contributed by atoms with Gasteiger partial charge in [0.2, 0.25) is 5.91 Å². The first kappa shape index (κ1) is 14.4. The van der Waals surface area contributed by atoms with Crippen molar-refractivity contribution >= 4 is 17.3 Å². The molecule has 5 nitrogen and oxygen atoms in total. The molecule has 2 fully saturated rings. The third-order valence-electron chi connectivity index (χ3n) is 4.35. The average Bonchev–Trinajstić information content (AvgIpc) is 2.97.